The van der Waals surface area contributed by atoms with Crippen LogP contribution < -0.4 is 9.64 Å². The van der Waals surface area contributed by atoms with Crippen LogP contribution in [0.25, 0.3) is 0 Å². The Labute approximate surface area is 160 Å². The number of fused-ring (bicyclic) bond motifs is 1. The van der Waals surface area contributed by atoms with Gasteiger partial charge in [-0.2, -0.15) is 5.10 Å². The maximum atomic E-state index is 5.68. The summed E-state index contributed by atoms with van der Waals surface area (Å²) in [5, 5.41) is 4.81. The number of methoxy groups -OCH3 is 1. The molecule has 1 fully saturated rings. The van der Waals surface area contributed by atoms with Crippen LogP contribution in [0.2, 0.25) is 0 Å². The molecule has 1 saturated heterocycles. The van der Waals surface area contributed by atoms with E-state index in [1.54, 1.807) is 7.11 Å². The quantitative estimate of drug-likeness (QED) is 0.771. The maximum absolute atomic E-state index is 5.68. The lowest BCUT2D eigenvalue weighted by Gasteiger charge is -2.35. The van der Waals surface area contributed by atoms with E-state index in [2.05, 4.69) is 26.5 Å². The van der Waals surface area contributed by atoms with Crippen LogP contribution in [0.15, 0.2) is 24.3 Å². The summed E-state index contributed by atoms with van der Waals surface area (Å²) >= 11 is 5.68. The third-order valence-electron chi connectivity index (χ3n) is 5.43. The second-order valence-corrected chi connectivity index (χ2v) is 7.47. The predicted octanol–water partition coefficient (Wildman–Crippen LogP) is 2.93. The molecule has 0 aliphatic carbocycles. The third-order valence-corrected chi connectivity index (χ3v) is 5.86. The number of hydrogen-bond donors (Lipinski definition) is 0. The van der Waals surface area contributed by atoms with Gasteiger partial charge in [0, 0.05) is 44.8 Å². The highest BCUT2D eigenvalue weighted by atomic mass is 32.1. The molecule has 2 aromatic rings. The number of hydrogen-bond acceptors (Lipinski definition) is 5. The van der Waals surface area contributed by atoms with E-state index in [4.69, 9.17) is 22.1 Å². The van der Waals surface area contributed by atoms with E-state index in [-0.39, 0.29) is 0 Å². The van der Waals surface area contributed by atoms with Gasteiger partial charge in [0.2, 0.25) is 0 Å². The number of anilines is 1. The fourth-order valence-electron chi connectivity index (χ4n) is 3.85. The molecular formula is C19H27N5OS. The van der Waals surface area contributed by atoms with E-state index in [0.29, 0.717) is 0 Å². The van der Waals surface area contributed by atoms with Crippen LogP contribution in [0.3, 0.4) is 0 Å². The molecule has 0 atom stereocenters. The van der Waals surface area contributed by atoms with Crippen molar-refractivity contribution in [2.24, 2.45) is 0 Å². The van der Waals surface area contributed by atoms with Crippen molar-refractivity contribution in [1.29, 1.82) is 0 Å². The van der Waals surface area contributed by atoms with Crippen molar-refractivity contribution >= 4 is 17.9 Å². The van der Waals surface area contributed by atoms with Gasteiger partial charge < -0.3 is 14.2 Å². The van der Waals surface area contributed by atoms with Crippen LogP contribution in [0.1, 0.15) is 25.1 Å². The van der Waals surface area contributed by atoms with Gasteiger partial charge in [-0.05, 0) is 49.3 Å². The molecule has 0 saturated carbocycles. The molecule has 3 heterocycles. The topological polar surface area (TPSA) is 38.5 Å². The summed E-state index contributed by atoms with van der Waals surface area (Å²) in [6, 6.07) is 8.33. The Kier molecular flexibility index (Phi) is 5.26. The number of aryl methyl sites for hydroxylation is 1. The average molecular weight is 374 g/mol. The van der Waals surface area contributed by atoms with Crippen molar-refractivity contribution in [3.8, 4) is 5.75 Å². The van der Waals surface area contributed by atoms with E-state index in [0.717, 1.165) is 56.3 Å². The summed E-state index contributed by atoms with van der Waals surface area (Å²) in [6.07, 6.45) is 4.78. The number of nitrogens with zero attached hydrogens (tertiary/aromatic N) is 5. The van der Waals surface area contributed by atoms with E-state index >= 15 is 0 Å². The van der Waals surface area contributed by atoms with E-state index in [1.165, 1.54) is 30.8 Å². The van der Waals surface area contributed by atoms with Crippen molar-refractivity contribution in [2.45, 2.75) is 38.9 Å². The van der Waals surface area contributed by atoms with Crippen LogP contribution >= 0.6 is 12.2 Å². The smallest absolute Gasteiger partial charge is 0.199 e. The molecule has 4 rings (SSSR count). The minimum absolute atomic E-state index is 0.801. The van der Waals surface area contributed by atoms with E-state index < -0.39 is 0 Å². The van der Waals surface area contributed by atoms with Crippen molar-refractivity contribution < 1.29 is 4.74 Å². The van der Waals surface area contributed by atoms with Gasteiger partial charge in [0.1, 0.15) is 11.6 Å². The number of aromatic nitrogens is 3. The SMILES string of the molecule is COc1ccc(N2CCN(Cn3nc4n(c3=S)CCCCC4)CC2)cc1. The number of rotatable bonds is 4. The first-order valence-electron chi connectivity index (χ1n) is 9.52. The Morgan fingerprint density at radius 3 is 2.50 bits per heavy atom. The first-order valence-corrected chi connectivity index (χ1v) is 9.93. The molecule has 1 aromatic carbocycles. The zero-order valence-electron chi connectivity index (χ0n) is 15.4. The van der Waals surface area contributed by atoms with Crippen molar-refractivity contribution in [1.82, 2.24) is 19.2 Å². The monoisotopic (exact) mass is 373 g/mol. The molecule has 2 aliphatic rings. The molecule has 26 heavy (non-hydrogen) atoms. The van der Waals surface area contributed by atoms with Gasteiger partial charge >= 0.3 is 0 Å². The Bertz CT molecular complexity index is 789. The van der Waals surface area contributed by atoms with Crippen molar-refractivity contribution in [3.63, 3.8) is 0 Å². The highest BCUT2D eigenvalue weighted by Crippen LogP contribution is 2.21. The number of piperazine rings is 1. The molecule has 0 N–H and O–H groups in total. The minimum atomic E-state index is 0.801. The first-order chi connectivity index (χ1) is 12.7. The lowest BCUT2D eigenvalue weighted by molar-refractivity contribution is 0.193. The molecule has 0 amide bonds. The first kappa shape index (κ1) is 17.5. The standard InChI is InChI=1S/C19H27N5OS/c1-25-17-8-6-16(7-9-17)22-13-11-21(12-14-22)15-24-19(26)23-10-4-2-3-5-18(23)20-24/h6-9H,2-5,10-15H2,1H3. The van der Waals surface area contributed by atoms with Gasteiger partial charge in [-0.25, -0.2) is 4.68 Å². The van der Waals surface area contributed by atoms with Crippen LogP contribution in [0, 0.1) is 4.77 Å². The third kappa shape index (κ3) is 3.64. The summed E-state index contributed by atoms with van der Waals surface area (Å²) in [4.78, 5) is 4.88. The molecular weight excluding hydrogens is 346 g/mol. The average Bonchev–Trinajstić information content (AvgIpc) is 2.85. The molecule has 1 aromatic heterocycles. The molecule has 0 unspecified atom stereocenters. The Hall–Kier alpha value is -1.86. The highest BCUT2D eigenvalue weighted by molar-refractivity contribution is 7.71. The maximum Gasteiger partial charge on any atom is 0.199 e. The second kappa shape index (κ2) is 7.80. The lowest BCUT2D eigenvalue weighted by Crippen LogP contribution is -2.47. The largest absolute Gasteiger partial charge is 0.497 e. The van der Waals surface area contributed by atoms with Gasteiger partial charge in [0.15, 0.2) is 4.77 Å². The fraction of sp³-hybridized carbons (Fsp3) is 0.579. The summed E-state index contributed by atoms with van der Waals surface area (Å²) in [7, 11) is 1.70. The van der Waals surface area contributed by atoms with Crippen LogP contribution in [-0.4, -0.2) is 52.5 Å². The van der Waals surface area contributed by atoms with E-state index in [1.807, 2.05) is 16.8 Å². The zero-order chi connectivity index (χ0) is 17.9. The second-order valence-electron chi connectivity index (χ2n) is 7.11. The zero-order valence-corrected chi connectivity index (χ0v) is 16.2. The normalized spacial score (nSPS) is 18.4. The molecule has 6 nitrogen and oxygen atoms in total. The van der Waals surface area contributed by atoms with Crippen molar-refractivity contribution in [2.75, 3.05) is 38.2 Å². The van der Waals surface area contributed by atoms with Gasteiger partial charge in [-0.3, -0.25) is 4.90 Å². The summed E-state index contributed by atoms with van der Waals surface area (Å²) in [5.41, 5.74) is 1.26. The fourth-order valence-corrected chi connectivity index (χ4v) is 4.14. The molecule has 2 aliphatic heterocycles. The molecule has 140 valence electrons. The van der Waals surface area contributed by atoms with Gasteiger partial charge in [-0.1, -0.05) is 6.42 Å². The molecule has 0 spiro atoms. The molecule has 0 radical (unpaired) electrons. The van der Waals surface area contributed by atoms with Gasteiger partial charge in [0.25, 0.3) is 0 Å². The minimum Gasteiger partial charge on any atom is -0.497 e. The Morgan fingerprint density at radius 2 is 1.77 bits per heavy atom. The molecule has 7 heteroatoms. The van der Waals surface area contributed by atoms with E-state index in [9.17, 15) is 0 Å². The predicted molar refractivity (Wildman–Crippen MR) is 105 cm³/mol. The summed E-state index contributed by atoms with van der Waals surface area (Å²) < 4.78 is 10.4. The molecule has 0 bridgehead atoms. The lowest BCUT2D eigenvalue weighted by atomic mass is 10.2. The number of ether oxygens (including phenoxy) is 1. The van der Waals surface area contributed by atoms with Crippen LogP contribution in [0.5, 0.6) is 5.75 Å². The summed E-state index contributed by atoms with van der Waals surface area (Å²) in [6.45, 7) is 5.92. The van der Waals surface area contributed by atoms with Gasteiger partial charge in [0.05, 0.1) is 13.8 Å². The highest BCUT2D eigenvalue weighted by Gasteiger charge is 2.20. The van der Waals surface area contributed by atoms with Crippen LogP contribution in [0.4, 0.5) is 5.69 Å². The Balaban J connectivity index is 1.37. The van der Waals surface area contributed by atoms with Crippen molar-refractivity contribution in [3.05, 3.63) is 34.9 Å². The van der Waals surface area contributed by atoms with Gasteiger partial charge in [-0.15, -0.1) is 0 Å². The number of benzene rings is 1. The Morgan fingerprint density at radius 1 is 1.00 bits per heavy atom. The summed E-state index contributed by atoms with van der Waals surface area (Å²) in [5.74, 6) is 2.07. The van der Waals surface area contributed by atoms with Crippen LogP contribution in [-0.2, 0) is 19.6 Å².